The summed E-state index contributed by atoms with van der Waals surface area (Å²) in [5.41, 5.74) is 1.79. The van der Waals surface area contributed by atoms with Crippen molar-refractivity contribution in [3.8, 4) is 5.75 Å². The summed E-state index contributed by atoms with van der Waals surface area (Å²) in [6.07, 6.45) is -4.32. The minimum atomic E-state index is -4.32. The van der Waals surface area contributed by atoms with Crippen LogP contribution in [-0.4, -0.2) is 0 Å². The molecule has 0 spiro atoms. The lowest BCUT2D eigenvalue weighted by molar-refractivity contribution is -0.137. The average Bonchev–Trinajstić information content (AvgIpc) is 2.37. The molecule has 0 aliphatic rings. The van der Waals surface area contributed by atoms with E-state index in [2.05, 4.69) is 0 Å². The fourth-order valence-corrected chi connectivity index (χ4v) is 2.02. The van der Waals surface area contributed by atoms with Crippen LogP contribution >= 0.6 is 0 Å². The van der Waals surface area contributed by atoms with E-state index in [1.54, 1.807) is 6.07 Å². The summed E-state index contributed by atoms with van der Waals surface area (Å²) in [7, 11) is 0. The Balaban J connectivity index is 2.16. The molecule has 0 radical (unpaired) electrons. The Labute approximate surface area is 116 Å². The predicted molar refractivity (Wildman–Crippen MR) is 71.7 cm³/mol. The standard InChI is InChI=1S/C16H15F3O/c1-11-5-3-6-12(2)15(11)20-10-13-7-4-8-14(9-13)16(17,18)19/h3-9H,10H2,1-2H3. The monoisotopic (exact) mass is 280 g/mol. The molecule has 0 saturated carbocycles. The average molecular weight is 280 g/mol. The van der Waals surface area contributed by atoms with Gasteiger partial charge in [-0.05, 0) is 42.7 Å². The number of aryl methyl sites for hydroxylation is 2. The van der Waals surface area contributed by atoms with Crippen LogP contribution in [0.4, 0.5) is 13.2 Å². The molecular formula is C16H15F3O. The van der Waals surface area contributed by atoms with Crippen LogP contribution in [0, 0.1) is 13.8 Å². The van der Waals surface area contributed by atoms with Crippen LogP contribution in [0.2, 0.25) is 0 Å². The maximum Gasteiger partial charge on any atom is 0.416 e. The molecule has 2 aromatic rings. The van der Waals surface area contributed by atoms with E-state index in [-0.39, 0.29) is 6.61 Å². The van der Waals surface area contributed by atoms with Gasteiger partial charge < -0.3 is 4.74 Å². The predicted octanol–water partition coefficient (Wildman–Crippen LogP) is 4.90. The van der Waals surface area contributed by atoms with Crippen molar-refractivity contribution in [1.82, 2.24) is 0 Å². The van der Waals surface area contributed by atoms with E-state index < -0.39 is 11.7 Å². The van der Waals surface area contributed by atoms with Gasteiger partial charge >= 0.3 is 6.18 Å². The van der Waals surface area contributed by atoms with E-state index in [9.17, 15) is 13.2 Å². The van der Waals surface area contributed by atoms with Crippen LogP contribution in [0.5, 0.6) is 5.75 Å². The molecule has 2 rings (SSSR count). The van der Waals surface area contributed by atoms with Gasteiger partial charge in [-0.25, -0.2) is 0 Å². The van der Waals surface area contributed by atoms with Crippen molar-refractivity contribution >= 4 is 0 Å². The number of ether oxygens (including phenoxy) is 1. The van der Waals surface area contributed by atoms with Gasteiger partial charge in [0, 0.05) is 0 Å². The van der Waals surface area contributed by atoms with E-state index in [0.717, 1.165) is 29.0 Å². The number of hydrogen-bond acceptors (Lipinski definition) is 1. The van der Waals surface area contributed by atoms with E-state index in [1.165, 1.54) is 6.07 Å². The lowest BCUT2D eigenvalue weighted by Gasteiger charge is -2.13. The number of rotatable bonds is 3. The van der Waals surface area contributed by atoms with E-state index >= 15 is 0 Å². The molecule has 20 heavy (non-hydrogen) atoms. The van der Waals surface area contributed by atoms with Crippen LogP contribution in [0.15, 0.2) is 42.5 Å². The molecule has 0 aliphatic heterocycles. The highest BCUT2D eigenvalue weighted by Crippen LogP contribution is 2.30. The quantitative estimate of drug-likeness (QED) is 0.777. The molecular weight excluding hydrogens is 265 g/mol. The molecule has 0 unspecified atom stereocenters. The minimum absolute atomic E-state index is 0.121. The molecule has 0 amide bonds. The fourth-order valence-electron chi connectivity index (χ4n) is 2.02. The Kier molecular flexibility index (Phi) is 4.02. The van der Waals surface area contributed by atoms with Gasteiger partial charge in [0.15, 0.2) is 0 Å². The Morgan fingerprint density at radius 2 is 1.55 bits per heavy atom. The second-order valence-corrected chi connectivity index (χ2v) is 4.71. The van der Waals surface area contributed by atoms with Crippen LogP contribution in [0.1, 0.15) is 22.3 Å². The molecule has 2 aromatic carbocycles. The maximum atomic E-state index is 12.6. The summed E-state index contributed by atoms with van der Waals surface area (Å²) in [5.74, 6) is 0.727. The van der Waals surface area contributed by atoms with Gasteiger partial charge in [0.25, 0.3) is 0 Å². The highest BCUT2D eigenvalue weighted by molar-refractivity contribution is 5.40. The molecule has 4 heteroatoms. The van der Waals surface area contributed by atoms with E-state index in [1.807, 2.05) is 32.0 Å². The lowest BCUT2D eigenvalue weighted by atomic mass is 10.1. The van der Waals surface area contributed by atoms with Crippen molar-refractivity contribution in [2.75, 3.05) is 0 Å². The summed E-state index contributed by atoms with van der Waals surface area (Å²) < 4.78 is 43.5. The molecule has 1 nitrogen and oxygen atoms in total. The zero-order valence-electron chi connectivity index (χ0n) is 11.3. The summed E-state index contributed by atoms with van der Waals surface area (Å²) in [5, 5.41) is 0. The van der Waals surface area contributed by atoms with Crippen LogP contribution in [-0.2, 0) is 12.8 Å². The molecule has 0 N–H and O–H groups in total. The Morgan fingerprint density at radius 1 is 0.950 bits per heavy atom. The Hall–Kier alpha value is -1.97. The Morgan fingerprint density at radius 3 is 2.15 bits per heavy atom. The van der Waals surface area contributed by atoms with Gasteiger partial charge in [0.05, 0.1) is 5.56 Å². The first-order valence-electron chi connectivity index (χ1n) is 6.23. The molecule has 106 valence electrons. The van der Waals surface area contributed by atoms with Crippen LogP contribution in [0.3, 0.4) is 0 Å². The molecule has 0 saturated heterocycles. The molecule has 0 bridgehead atoms. The molecule has 0 fully saturated rings. The highest BCUT2D eigenvalue weighted by atomic mass is 19.4. The van der Waals surface area contributed by atoms with E-state index in [4.69, 9.17) is 4.74 Å². The number of hydrogen-bond donors (Lipinski definition) is 0. The topological polar surface area (TPSA) is 9.23 Å². The highest BCUT2D eigenvalue weighted by Gasteiger charge is 2.30. The first-order valence-corrected chi connectivity index (χ1v) is 6.23. The summed E-state index contributed by atoms with van der Waals surface area (Å²) in [6.45, 7) is 3.94. The number of para-hydroxylation sites is 1. The first kappa shape index (κ1) is 14.4. The zero-order chi connectivity index (χ0) is 14.8. The zero-order valence-corrected chi connectivity index (χ0v) is 11.3. The largest absolute Gasteiger partial charge is 0.488 e. The van der Waals surface area contributed by atoms with Crippen LogP contribution in [0.25, 0.3) is 0 Å². The minimum Gasteiger partial charge on any atom is -0.488 e. The normalized spacial score (nSPS) is 11.4. The van der Waals surface area contributed by atoms with Crippen molar-refractivity contribution in [3.63, 3.8) is 0 Å². The maximum absolute atomic E-state index is 12.6. The van der Waals surface area contributed by atoms with Crippen molar-refractivity contribution < 1.29 is 17.9 Å². The summed E-state index contributed by atoms with van der Waals surface area (Å²) >= 11 is 0. The Bertz CT molecular complexity index is 583. The van der Waals surface area contributed by atoms with Gasteiger partial charge in [-0.1, -0.05) is 30.3 Å². The van der Waals surface area contributed by atoms with Crippen molar-refractivity contribution in [2.24, 2.45) is 0 Å². The van der Waals surface area contributed by atoms with Gasteiger partial charge in [-0.15, -0.1) is 0 Å². The smallest absolute Gasteiger partial charge is 0.416 e. The SMILES string of the molecule is Cc1cccc(C)c1OCc1cccc(C(F)(F)F)c1. The van der Waals surface area contributed by atoms with Crippen molar-refractivity contribution in [1.29, 1.82) is 0 Å². The number of alkyl halides is 3. The number of benzene rings is 2. The van der Waals surface area contributed by atoms with Crippen LogP contribution < -0.4 is 4.74 Å². The molecule has 0 atom stereocenters. The van der Waals surface area contributed by atoms with Crippen molar-refractivity contribution in [2.45, 2.75) is 26.6 Å². The lowest BCUT2D eigenvalue weighted by Crippen LogP contribution is -2.06. The fraction of sp³-hybridized carbons (Fsp3) is 0.250. The van der Waals surface area contributed by atoms with Gasteiger partial charge in [-0.2, -0.15) is 13.2 Å². The second-order valence-electron chi connectivity index (χ2n) is 4.71. The van der Waals surface area contributed by atoms with E-state index in [0.29, 0.717) is 5.56 Å². The van der Waals surface area contributed by atoms with Gasteiger partial charge in [0.1, 0.15) is 12.4 Å². The second kappa shape index (κ2) is 5.57. The summed E-state index contributed by atoms with van der Waals surface area (Å²) in [4.78, 5) is 0. The molecule has 0 aliphatic carbocycles. The van der Waals surface area contributed by atoms with Gasteiger partial charge in [0.2, 0.25) is 0 Å². The molecule has 0 aromatic heterocycles. The van der Waals surface area contributed by atoms with Crippen molar-refractivity contribution in [3.05, 3.63) is 64.7 Å². The first-order chi connectivity index (χ1) is 9.38. The third kappa shape index (κ3) is 3.32. The number of halogens is 3. The molecule has 0 heterocycles. The van der Waals surface area contributed by atoms with Gasteiger partial charge in [-0.3, -0.25) is 0 Å². The summed E-state index contributed by atoms with van der Waals surface area (Å²) in [6, 6.07) is 10.9. The third-order valence-corrected chi connectivity index (χ3v) is 3.05. The third-order valence-electron chi connectivity index (χ3n) is 3.05.